The highest BCUT2D eigenvalue weighted by Crippen LogP contribution is 2.35. The van der Waals surface area contributed by atoms with Gasteiger partial charge in [0.25, 0.3) is 5.91 Å². The molecule has 5 nitrogen and oxygen atoms in total. The van der Waals surface area contributed by atoms with Gasteiger partial charge in [0.1, 0.15) is 17.0 Å². The molecule has 0 bridgehead atoms. The van der Waals surface area contributed by atoms with Gasteiger partial charge in [0.05, 0.1) is 12.7 Å². The van der Waals surface area contributed by atoms with Crippen LogP contribution >= 0.6 is 0 Å². The third kappa shape index (κ3) is 4.14. The van der Waals surface area contributed by atoms with Crippen LogP contribution in [0.1, 0.15) is 22.8 Å². The number of rotatable bonds is 5. The lowest BCUT2D eigenvalue weighted by Crippen LogP contribution is -2.31. The maximum atomic E-state index is 12.7. The van der Waals surface area contributed by atoms with E-state index in [-0.39, 0.29) is 34.5 Å². The maximum Gasteiger partial charge on any atom is 0.416 e. The summed E-state index contributed by atoms with van der Waals surface area (Å²) in [6.07, 6.45) is -2.94. The van der Waals surface area contributed by atoms with Crippen LogP contribution in [0, 0.1) is 0 Å². The number of nitrogens with one attached hydrogen (secondary N) is 1. The molecule has 1 atom stereocenters. The first-order valence-corrected chi connectivity index (χ1v) is 7.56. The van der Waals surface area contributed by atoms with Crippen LogP contribution in [0.2, 0.25) is 0 Å². The Morgan fingerprint density at radius 1 is 1.35 bits per heavy atom. The summed E-state index contributed by atoms with van der Waals surface area (Å²) in [6.45, 7) is 5.26. The number of hydrogen-bond donors (Lipinski definition) is 2. The van der Waals surface area contributed by atoms with E-state index < -0.39 is 17.6 Å². The Hall–Kier alpha value is -3.03. The zero-order valence-corrected chi connectivity index (χ0v) is 14.1. The third-order valence-corrected chi connectivity index (χ3v) is 3.60. The van der Waals surface area contributed by atoms with E-state index in [0.717, 1.165) is 18.2 Å². The Morgan fingerprint density at radius 3 is 2.46 bits per heavy atom. The summed E-state index contributed by atoms with van der Waals surface area (Å²) >= 11 is 0. The summed E-state index contributed by atoms with van der Waals surface area (Å²) in [5.74, 6) is -0.954. The molecule has 138 valence electrons. The summed E-state index contributed by atoms with van der Waals surface area (Å²) in [7, 11) is 1.30. The highest BCUT2D eigenvalue weighted by Gasteiger charge is 2.30. The van der Waals surface area contributed by atoms with Gasteiger partial charge in [0.15, 0.2) is 0 Å². The van der Waals surface area contributed by atoms with Gasteiger partial charge in [-0.25, -0.2) is 4.98 Å². The minimum absolute atomic E-state index is 0.00361. The molecule has 2 rings (SSSR count). The number of carbonyl (C=O) groups excluding carboxylic acids is 1. The fraction of sp³-hybridized carbons (Fsp3) is 0.222. The number of pyridine rings is 1. The molecule has 0 aliphatic rings. The van der Waals surface area contributed by atoms with Gasteiger partial charge in [-0.2, -0.15) is 13.2 Å². The third-order valence-electron chi connectivity index (χ3n) is 3.60. The van der Waals surface area contributed by atoms with Gasteiger partial charge >= 0.3 is 6.18 Å². The van der Waals surface area contributed by atoms with Crippen molar-refractivity contribution in [2.45, 2.75) is 19.1 Å². The zero-order valence-electron chi connectivity index (χ0n) is 14.1. The normalized spacial score (nSPS) is 12.3. The molecule has 0 aliphatic carbocycles. The molecule has 2 aromatic rings. The molecule has 1 heterocycles. The lowest BCUT2D eigenvalue weighted by atomic mass is 10.1. The second kappa shape index (κ2) is 7.47. The summed E-state index contributed by atoms with van der Waals surface area (Å²) in [6, 6.07) is 4.98. The molecule has 1 aromatic heterocycles. The smallest absolute Gasteiger partial charge is 0.416 e. The number of benzene rings is 1. The summed E-state index contributed by atoms with van der Waals surface area (Å²) in [5.41, 5.74) is -0.569. The standard InChI is InChI=1S/C18H17F3N2O3/c1-4-10(2)22-16(25)13-9-14(24)15(23-17(13)26-3)11-5-7-12(8-6-11)18(19,20)21/h4-10,24H,1H2,2-3H3,(H,22,25)/t10-/m0/s1. The summed E-state index contributed by atoms with van der Waals surface area (Å²) in [5, 5.41) is 12.8. The lowest BCUT2D eigenvalue weighted by Gasteiger charge is -2.14. The van der Waals surface area contributed by atoms with Crippen molar-refractivity contribution in [3.63, 3.8) is 0 Å². The van der Waals surface area contributed by atoms with Crippen LogP contribution in [-0.4, -0.2) is 29.1 Å². The number of alkyl halides is 3. The summed E-state index contributed by atoms with van der Waals surface area (Å²) < 4.78 is 43.1. The van der Waals surface area contributed by atoms with Crippen LogP contribution in [0.25, 0.3) is 11.3 Å². The second-order valence-electron chi connectivity index (χ2n) is 5.49. The number of aromatic nitrogens is 1. The van der Waals surface area contributed by atoms with Crippen LogP contribution < -0.4 is 10.1 Å². The van der Waals surface area contributed by atoms with Crippen LogP contribution in [0.3, 0.4) is 0 Å². The largest absolute Gasteiger partial charge is 0.506 e. The van der Waals surface area contributed by atoms with E-state index in [9.17, 15) is 23.1 Å². The van der Waals surface area contributed by atoms with Crippen LogP contribution in [0.15, 0.2) is 43.0 Å². The molecule has 0 radical (unpaired) electrons. The Morgan fingerprint density at radius 2 is 1.96 bits per heavy atom. The van der Waals surface area contributed by atoms with Gasteiger partial charge in [0.2, 0.25) is 5.88 Å². The van der Waals surface area contributed by atoms with Crippen molar-refractivity contribution < 1.29 is 27.8 Å². The predicted octanol–water partition coefficient (Wildman–Crippen LogP) is 3.79. The van der Waals surface area contributed by atoms with E-state index in [2.05, 4.69) is 16.9 Å². The first kappa shape index (κ1) is 19.3. The van der Waals surface area contributed by atoms with Gasteiger partial charge in [0, 0.05) is 17.7 Å². The first-order chi connectivity index (χ1) is 12.2. The fourth-order valence-electron chi connectivity index (χ4n) is 2.18. The minimum Gasteiger partial charge on any atom is -0.506 e. The van der Waals surface area contributed by atoms with E-state index in [1.165, 1.54) is 25.3 Å². The molecular formula is C18H17F3N2O3. The molecule has 0 saturated heterocycles. The van der Waals surface area contributed by atoms with Crippen LogP contribution in [-0.2, 0) is 6.18 Å². The SMILES string of the molecule is C=C[C@H](C)NC(=O)c1cc(O)c(-c2ccc(C(F)(F)F)cc2)nc1OC. The number of ether oxygens (including phenoxy) is 1. The van der Waals surface area contributed by atoms with Crippen molar-refractivity contribution in [2.24, 2.45) is 0 Å². The monoisotopic (exact) mass is 366 g/mol. The quantitative estimate of drug-likeness (QED) is 0.790. The molecule has 2 N–H and O–H groups in total. The van der Waals surface area contributed by atoms with E-state index in [4.69, 9.17) is 4.74 Å². The molecule has 0 aliphatic heterocycles. The molecule has 0 saturated carbocycles. The van der Waals surface area contributed by atoms with Crippen LogP contribution in [0.4, 0.5) is 13.2 Å². The number of carbonyl (C=O) groups is 1. The number of halogens is 3. The Kier molecular flexibility index (Phi) is 5.54. The van der Waals surface area contributed by atoms with Gasteiger partial charge in [-0.1, -0.05) is 18.2 Å². The number of methoxy groups -OCH3 is 1. The van der Waals surface area contributed by atoms with Gasteiger partial charge < -0.3 is 15.2 Å². The Labute approximate surface area is 148 Å². The molecule has 0 unspecified atom stereocenters. The number of amides is 1. The highest BCUT2D eigenvalue weighted by molar-refractivity contribution is 5.97. The molecular weight excluding hydrogens is 349 g/mol. The second-order valence-corrected chi connectivity index (χ2v) is 5.49. The van der Waals surface area contributed by atoms with E-state index in [1.54, 1.807) is 6.92 Å². The van der Waals surface area contributed by atoms with Crippen molar-refractivity contribution in [3.05, 3.63) is 54.1 Å². The molecule has 1 amide bonds. The van der Waals surface area contributed by atoms with Crippen molar-refractivity contribution in [1.82, 2.24) is 10.3 Å². The fourth-order valence-corrected chi connectivity index (χ4v) is 2.18. The number of nitrogens with zero attached hydrogens (tertiary/aromatic N) is 1. The topological polar surface area (TPSA) is 71.5 Å². The van der Waals surface area contributed by atoms with Gasteiger partial charge in [-0.15, -0.1) is 6.58 Å². The average molecular weight is 366 g/mol. The van der Waals surface area contributed by atoms with E-state index in [0.29, 0.717) is 0 Å². The highest BCUT2D eigenvalue weighted by atomic mass is 19.4. The van der Waals surface area contributed by atoms with E-state index >= 15 is 0 Å². The Bertz CT molecular complexity index is 818. The lowest BCUT2D eigenvalue weighted by molar-refractivity contribution is -0.137. The molecule has 0 spiro atoms. The molecule has 8 heteroatoms. The van der Waals surface area contributed by atoms with Crippen LogP contribution in [0.5, 0.6) is 11.6 Å². The van der Waals surface area contributed by atoms with Crippen molar-refractivity contribution in [2.75, 3.05) is 7.11 Å². The van der Waals surface area contributed by atoms with E-state index in [1.807, 2.05) is 0 Å². The predicted molar refractivity (Wildman–Crippen MR) is 90.0 cm³/mol. The van der Waals surface area contributed by atoms with Crippen molar-refractivity contribution in [3.8, 4) is 22.9 Å². The van der Waals surface area contributed by atoms with Crippen molar-refractivity contribution in [1.29, 1.82) is 0 Å². The summed E-state index contributed by atoms with van der Waals surface area (Å²) in [4.78, 5) is 16.3. The number of hydrogen-bond acceptors (Lipinski definition) is 4. The minimum atomic E-state index is -4.46. The number of aromatic hydroxyl groups is 1. The molecule has 0 fully saturated rings. The molecule has 1 aromatic carbocycles. The first-order valence-electron chi connectivity index (χ1n) is 7.56. The Balaban J connectivity index is 2.43. The van der Waals surface area contributed by atoms with Gasteiger partial charge in [-0.3, -0.25) is 4.79 Å². The average Bonchev–Trinajstić information content (AvgIpc) is 2.60. The molecule has 26 heavy (non-hydrogen) atoms. The zero-order chi connectivity index (χ0) is 19.5. The maximum absolute atomic E-state index is 12.7. The van der Waals surface area contributed by atoms with Gasteiger partial charge in [-0.05, 0) is 19.1 Å². The van der Waals surface area contributed by atoms with Crippen molar-refractivity contribution >= 4 is 5.91 Å².